The molecule has 76 valence electrons. The molecule has 0 bridgehead atoms. The molecule has 0 radical (unpaired) electrons. The average molecular weight is 192 g/mol. The monoisotopic (exact) mass is 192 g/mol. The van der Waals surface area contributed by atoms with Gasteiger partial charge in [0.15, 0.2) is 0 Å². The first-order valence-corrected chi connectivity index (χ1v) is 5.08. The van der Waals surface area contributed by atoms with Crippen molar-refractivity contribution >= 4 is 11.6 Å². The zero-order valence-electron chi connectivity index (χ0n) is 8.48. The summed E-state index contributed by atoms with van der Waals surface area (Å²) in [5.74, 6) is 1.38. The molecule has 1 aromatic heterocycles. The summed E-state index contributed by atoms with van der Waals surface area (Å²) in [7, 11) is 2.07. The van der Waals surface area contributed by atoms with Gasteiger partial charge in [-0.1, -0.05) is 12.8 Å². The molecule has 2 N–H and O–H groups in total. The molecule has 1 fully saturated rings. The minimum Gasteiger partial charge on any atom is -0.382 e. The number of anilines is 2. The van der Waals surface area contributed by atoms with Gasteiger partial charge >= 0.3 is 0 Å². The lowest BCUT2D eigenvalue weighted by Crippen LogP contribution is -2.29. The molecule has 0 amide bonds. The van der Waals surface area contributed by atoms with E-state index >= 15 is 0 Å². The Labute approximate surface area is 84.2 Å². The van der Waals surface area contributed by atoms with Crippen LogP contribution in [0.2, 0.25) is 0 Å². The number of hydrogen-bond donors (Lipinski definition) is 1. The van der Waals surface area contributed by atoms with Crippen molar-refractivity contribution in [2.24, 2.45) is 0 Å². The number of nitrogen functional groups attached to an aromatic ring is 1. The van der Waals surface area contributed by atoms with E-state index in [1.165, 1.54) is 25.7 Å². The van der Waals surface area contributed by atoms with Gasteiger partial charge in [-0.15, -0.1) is 0 Å². The number of nitrogens with two attached hydrogens (primary N) is 1. The van der Waals surface area contributed by atoms with Crippen molar-refractivity contribution in [1.29, 1.82) is 0 Å². The number of rotatable bonds is 2. The summed E-state index contributed by atoms with van der Waals surface area (Å²) in [6.45, 7) is 0. The lowest BCUT2D eigenvalue weighted by atomic mass is 10.2. The maximum absolute atomic E-state index is 5.59. The second-order valence-corrected chi connectivity index (χ2v) is 3.85. The van der Waals surface area contributed by atoms with Gasteiger partial charge in [-0.05, 0) is 12.8 Å². The Balaban J connectivity index is 2.13. The van der Waals surface area contributed by atoms with Crippen molar-refractivity contribution in [2.75, 3.05) is 17.7 Å². The summed E-state index contributed by atoms with van der Waals surface area (Å²) < 4.78 is 0. The average Bonchev–Trinajstić information content (AvgIpc) is 2.69. The van der Waals surface area contributed by atoms with Crippen LogP contribution in [0.1, 0.15) is 25.7 Å². The van der Waals surface area contributed by atoms with Crippen molar-refractivity contribution in [3.63, 3.8) is 0 Å². The smallest absolute Gasteiger partial charge is 0.149 e. The van der Waals surface area contributed by atoms with Gasteiger partial charge in [0.05, 0.1) is 12.4 Å². The van der Waals surface area contributed by atoms with Crippen LogP contribution < -0.4 is 10.6 Å². The Hall–Kier alpha value is -1.32. The van der Waals surface area contributed by atoms with Gasteiger partial charge in [-0.2, -0.15) is 0 Å². The van der Waals surface area contributed by atoms with Crippen LogP contribution in [0.15, 0.2) is 12.4 Å². The molecule has 0 spiro atoms. The van der Waals surface area contributed by atoms with Gasteiger partial charge in [0, 0.05) is 13.1 Å². The molecule has 1 aliphatic carbocycles. The highest BCUT2D eigenvalue weighted by molar-refractivity contribution is 5.41. The number of nitrogens with zero attached hydrogens (tertiary/aromatic N) is 3. The second-order valence-electron chi connectivity index (χ2n) is 3.85. The van der Waals surface area contributed by atoms with E-state index in [2.05, 4.69) is 21.9 Å². The molecule has 1 heterocycles. The Kier molecular flexibility index (Phi) is 2.52. The summed E-state index contributed by atoms with van der Waals surface area (Å²) in [6, 6.07) is 0.617. The summed E-state index contributed by atoms with van der Waals surface area (Å²) in [5, 5.41) is 0. The lowest BCUT2D eigenvalue weighted by Gasteiger charge is -2.24. The minimum absolute atomic E-state index is 0.493. The normalized spacial score (nSPS) is 17.2. The molecule has 0 unspecified atom stereocenters. The van der Waals surface area contributed by atoms with Crippen LogP contribution in [0.3, 0.4) is 0 Å². The van der Waals surface area contributed by atoms with Crippen LogP contribution in [-0.4, -0.2) is 23.1 Å². The molecular formula is C10H16N4. The van der Waals surface area contributed by atoms with Gasteiger partial charge in [-0.25, -0.2) is 4.98 Å². The highest BCUT2D eigenvalue weighted by atomic mass is 15.2. The lowest BCUT2D eigenvalue weighted by molar-refractivity contribution is 0.645. The third kappa shape index (κ3) is 1.78. The van der Waals surface area contributed by atoms with E-state index in [-0.39, 0.29) is 0 Å². The van der Waals surface area contributed by atoms with E-state index in [1.54, 1.807) is 12.4 Å². The fraction of sp³-hybridized carbons (Fsp3) is 0.600. The quantitative estimate of drug-likeness (QED) is 0.770. The van der Waals surface area contributed by atoms with E-state index in [0.717, 1.165) is 5.82 Å². The van der Waals surface area contributed by atoms with Crippen LogP contribution in [0, 0.1) is 0 Å². The maximum atomic E-state index is 5.59. The first-order chi connectivity index (χ1) is 6.77. The topological polar surface area (TPSA) is 55.0 Å². The zero-order chi connectivity index (χ0) is 9.97. The molecule has 14 heavy (non-hydrogen) atoms. The van der Waals surface area contributed by atoms with Gasteiger partial charge in [0.1, 0.15) is 11.6 Å². The van der Waals surface area contributed by atoms with Crippen molar-refractivity contribution in [2.45, 2.75) is 31.7 Å². The van der Waals surface area contributed by atoms with Crippen LogP contribution in [0.4, 0.5) is 11.6 Å². The predicted octanol–water partition coefficient (Wildman–Crippen LogP) is 1.44. The molecular weight excluding hydrogens is 176 g/mol. The van der Waals surface area contributed by atoms with Gasteiger partial charge in [0.25, 0.3) is 0 Å². The highest BCUT2D eigenvalue weighted by Gasteiger charge is 2.20. The molecule has 0 atom stereocenters. The standard InChI is InChI=1S/C10H16N4/c1-14(8-4-2-3-5-8)10-7-12-6-9(11)13-10/h6-8H,2-5H2,1H3,(H2,11,13). The summed E-state index contributed by atoms with van der Waals surface area (Å²) in [5.41, 5.74) is 5.59. The number of aromatic nitrogens is 2. The molecule has 0 aliphatic heterocycles. The molecule has 2 rings (SSSR count). The molecule has 0 saturated heterocycles. The van der Waals surface area contributed by atoms with Crippen molar-refractivity contribution in [1.82, 2.24) is 9.97 Å². The van der Waals surface area contributed by atoms with Crippen LogP contribution in [-0.2, 0) is 0 Å². The largest absolute Gasteiger partial charge is 0.382 e. The molecule has 1 saturated carbocycles. The van der Waals surface area contributed by atoms with Crippen LogP contribution in [0.25, 0.3) is 0 Å². The van der Waals surface area contributed by atoms with Crippen molar-refractivity contribution in [3.05, 3.63) is 12.4 Å². The van der Waals surface area contributed by atoms with Crippen molar-refractivity contribution in [3.8, 4) is 0 Å². The van der Waals surface area contributed by atoms with E-state index in [9.17, 15) is 0 Å². The third-order valence-corrected chi connectivity index (χ3v) is 2.87. The Morgan fingerprint density at radius 3 is 2.71 bits per heavy atom. The number of hydrogen-bond acceptors (Lipinski definition) is 4. The summed E-state index contributed by atoms with van der Waals surface area (Å²) in [6.07, 6.45) is 8.51. The molecule has 4 heteroatoms. The van der Waals surface area contributed by atoms with Gasteiger partial charge in [-0.3, -0.25) is 4.98 Å². The maximum Gasteiger partial charge on any atom is 0.149 e. The summed E-state index contributed by atoms with van der Waals surface area (Å²) in [4.78, 5) is 10.5. The molecule has 1 aliphatic rings. The third-order valence-electron chi connectivity index (χ3n) is 2.87. The molecule has 4 nitrogen and oxygen atoms in total. The van der Waals surface area contributed by atoms with E-state index in [4.69, 9.17) is 5.73 Å². The Bertz CT molecular complexity index is 307. The fourth-order valence-electron chi connectivity index (χ4n) is 2.02. The second kappa shape index (κ2) is 3.82. The van der Waals surface area contributed by atoms with Crippen molar-refractivity contribution < 1.29 is 0 Å². The Morgan fingerprint density at radius 2 is 2.07 bits per heavy atom. The molecule has 1 aromatic rings. The summed E-state index contributed by atoms with van der Waals surface area (Å²) >= 11 is 0. The first kappa shape index (κ1) is 9.24. The SMILES string of the molecule is CN(c1cncc(N)n1)C1CCCC1. The van der Waals surface area contributed by atoms with Crippen LogP contribution >= 0.6 is 0 Å². The Morgan fingerprint density at radius 1 is 1.36 bits per heavy atom. The first-order valence-electron chi connectivity index (χ1n) is 5.08. The van der Waals surface area contributed by atoms with E-state index < -0.39 is 0 Å². The molecule has 0 aromatic carbocycles. The fourth-order valence-corrected chi connectivity index (χ4v) is 2.02. The highest BCUT2D eigenvalue weighted by Crippen LogP contribution is 2.25. The van der Waals surface area contributed by atoms with E-state index in [1.807, 2.05) is 0 Å². The van der Waals surface area contributed by atoms with Gasteiger partial charge in [0.2, 0.25) is 0 Å². The van der Waals surface area contributed by atoms with E-state index in [0.29, 0.717) is 11.9 Å². The zero-order valence-corrected chi connectivity index (χ0v) is 8.48. The van der Waals surface area contributed by atoms with Crippen LogP contribution in [0.5, 0.6) is 0 Å². The minimum atomic E-state index is 0.493. The van der Waals surface area contributed by atoms with Gasteiger partial charge < -0.3 is 10.6 Å². The predicted molar refractivity (Wildman–Crippen MR) is 57.1 cm³/mol.